The first-order valence-corrected chi connectivity index (χ1v) is 5.76. The van der Waals surface area contributed by atoms with E-state index in [1.54, 1.807) is 6.92 Å². The Hall–Kier alpha value is -1.36. The van der Waals surface area contributed by atoms with Crippen LogP contribution in [-0.4, -0.2) is 36.4 Å². The summed E-state index contributed by atoms with van der Waals surface area (Å²) in [5.74, 6) is -1.16. The molecule has 0 aliphatic rings. The minimum atomic E-state index is -0.613. The van der Waals surface area contributed by atoms with Crippen molar-refractivity contribution >= 4 is 11.9 Å². The zero-order valence-electron chi connectivity index (χ0n) is 10.3. The van der Waals surface area contributed by atoms with E-state index in [4.69, 9.17) is 14.6 Å². The zero-order chi connectivity index (χ0) is 13.1. The molecule has 0 rings (SSSR count). The van der Waals surface area contributed by atoms with Crippen molar-refractivity contribution in [1.29, 1.82) is 0 Å². The van der Waals surface area contributed by atoms with E-state index in [1.165, 1.54) is 0 Å². The highest BCUT2D eigenvalue weighted by molar-refractivity contribution is 5.91. The lowest BCUT2D eigenvalue weighted by Crippen LogP contribution is -2.14. The first kappa shape index (κ1) is 15.6. The fourth-order valence-corrected chi connectivity index (χ4v) is 0.980. The third-order valence-electron chi connectivity index (χ3n) is 1.95. The van der Waals surface area contributed by atoms with Crippen LogP contribution >= 0.6 is 0 Å². The minimum Gasteiger partial charge on any atom is -0.463 e. The van der Waals surface area contributed by atoms with Gasteiger partial charge < -0.3 is 14.6 Å². The van der Waals surface area contributed by atoms with E-state index >= 15 is 0 Å². The highest BCUT2D eigenvalue weighted by atomic mass is 16.5. The number of unbranched alkanes of at least 4 members (excludes halogenated alkanes) is 1. The molecule has 1 N–H and O–H groups in total. The molecule has 1 unspecified atom stereocenters. The van der Waals surface area contributed by atoms with Gasteiger partial charge in [0.25, 0.3) is 0 Å². The van der Waals surface area contributed by atoms with Crippen LogP contribution in [0.15, 0.2) is 12.2 Å². The molecule has 0 amide bonds. The Morgan fingerprint density at radius 1 is 1.29 bits per heavy atom. The smallest absolute Gasteiger partial charge is 0.331 e. The standard InChI is InChI=1S/C12H20O5/c1-3-4-9-16-11(14)5-6-12(15)17-10(2)7-8-13/h5-6,10,13H,3-4,7-9H2,1-2H3/b6-5-. The highest BCUT2D eigenvalue weighted by Crippen LogP contribution is 1.98. The summed E-state index contributed by atoms with van der Waals surface area (Å²) in [7, 11) is 0. The topological polar surface area (TPSA) is 72.8 Å². The number of aliphatic hydroxyl groups is 1. The first-order chi connectivity index (χ1) is 8.10. The Morgan fingerprint density at radius 2 is 1.94 bits per heavy atom. The summed E-state index contributed by atoms with van der Waals surface area (Å²) in [5.41, 5.74) is 0. The predicted molar refractivity (Wildman–Crippen MR) is 62.3 cm³/mol. The highest BCUT2D eigenvalue weighted by Gasteiger charge is 2.06. The predicted octanol–water partition coefficient (Wildman–Crippen LogP) is 1.20. The fraction of sp³-hybridized carbons (Fsp3) is 0.667. The molecule has 0 radical (unpaired) electrons. The maximum Gasteiger partial charge on any atom is 0.331 e. The van der Waals surface area contributed by atoms with Gasteiger partial charge in [0.2, 0.25) is 0 Å². The second kappa shape index (κ2) is 9.84. The molecule has 17 heavy (non-hydrogen) atoms. The quantitative estimate of drug-likeness (QED) is 0.394. The number of hydrogen-bond donors (Lipinski definition) is 1. The van der Waals surface area contributed by atoms with Crippen LogP contribution in [0, 0.1) is 0 Å². The van der Waals surface area contributed by atoms with E-state index < -0.39 is 11.9 Å². The molecule has 0 spiro atoms. The monoisotopic (exact) mass is 244 g/mol. The molecule has 0 fully saturated rings. The van der Waals surface area contributed by atoms with Gasteiger partial charge >= 0.3 is 11.9 Å². The lowest BCUT2D eigenvalue weighted by atomic mass is 10.3. The van der Waals surface area contributed by atoms with Crippen molar-refractivity contribution in [3.63, 3.8) is 0 Å². The Balaban J connectivity index is 3.82. The molecule has 0 bridgehead atoms. The van der Waals surface area contributed by atoms with Crippen LogP contribution in [0.4, 0.5) is 0 Å². The van der Waals surface area contributed by atoms with Crippen LogP contribution < -0.4 is 0 Å². The van der Waals surface area contributed by atoms with Crippen LogP contribution in [0.1, 0.15) is 33.1 Å². The Morgan fingerprint density at radius 3 is 2.53 bits per heavy atom. The molecule has 0 aliphatic heterocycles. The van der Waals surface area contributed by atoms with Crippen LogP contribution in [0.3, 0.4) is 0 Å². The number of aliphatic hydroxyl groups excluding tert-OH is 1. The SMILES string of the molecule is CCCCOC(=O)/C=C\C(=O)OC(C)CCO. The number of carbonyl (C=O) groups is 2. The fourth-order valence-electron chi connectivity index (χ4n) is 0.980. The van der Waals surface area contributed by atoms with Crippen molar-refractivity contribution in [2.45, 2.75) is 39.2 Å². The number of ether oxygens (including phenoxy) is 2. The van der Waals surface area contributed by atoms with E-state index in [2.05, 4.69) is 0 Å². The molecule has 1 atom stereocenters. The average Bonchev–Trinajstić information content (AvgIpc) is 2.27. The van der Waals surface area contributed by atoms with Gasteiger partial charge in [-0.3, -0.25) is 0 Å². The van der Waals surface area contributed by atoms with Crippen molar-refractivity contribution in [2.24, 2.45) is 0 Å². The molecular formula is C12H20O5. The van der Waals surface area contributed by atoms with Crippen molar-refractivity contribution in [3.05, 3.63) is 12.2 Å². The maximum absolute atomic E-state index is 11.2. The van der Waals surface area contributed by atoms with Gasteiger partial charge in [-0.15, -0.1) is 0 Å². The number of rotatable bonds is 8. The van der Waals surface area contributed by atoms with Gasteiger partial charge in [0.1, 0.15) is 6.10 Å². The van der Waals surface area contributed by atoms with Crippen molar-refractivity contribution in [1.82, 2.24) is 0 Å². The summed E-state index contributed by atoms with van der Waals surface area (Å²) in [6.07, 6.45) is 3.83. The number of carbonyl (C=O) groups excluding carboxylic acids is 2. The van der Waals surface area contributed by atoms with Crippen molar-refractivity contribution in [2.75, 3.05) is 13.2 Å². The molecule has 0 saturated carbocycles. The largest absolute Gasteiger partial charge is 0.463 e. The van der Waals surface area contributed by atoms with Gasteiger partial charge in [0.05, 0.1) is 6.61 Å². The van der Waals surface area contributed by atoms with E-state index in [9.17, 15) is 9.59 Å². The molecule has 0 aliphatic carbocycles. The lowest BCUT2D eigenvalue weighted by molar-refractivity contribution is -0.144. The summed E-state index contributed by atoms with van der Waals surface area (Å²) in [5, 5.41) is 8.60. The third kappa shape index (κ3) is 9.56. The van der Waals surface area contributed by atoms with Crippen molar-refractivity contribution < 1.29 is 24.2 Å². The second-order valence-corrected chi connectivity index (χ2v) is 3.61. The van der Waals surface area contributed by atoms with E-state index in [0.717, 1.165) is 25.0 Å². The average molecular weight is 244 g/mol. The molecule has 0 heterocycles. The molecule has 0 saturated heterocycles. The summed E-state index contributed by atoms with van der Waals surface area (Å²) in [6, 6.07) is 0. The van der Waals surface area contributed by atoms with E-state index in [-0.39, 0.29) is 12.7 Å². The normalized spacial score (nSPS) is 12.4. The number of esters is 2. The first-order valence-electron chi connectivity index (χ1n) is 5.76. The summed E-state index contributed by atoms with van der Waals surface area (Å²) < 4.78 is 9.69. The third-order valence-corrected chi connectivity index (χ3v) is 1.95. The van der Waals surface area contributed by atoms with Crippen molar-refractivity contribution in [3.8, 4) is 0 Å². The van der Waals surface area contributed by atoms with E-state index in [0.29, 0.717) is 13.0 Å². The molecule has 0 aromatic heterocycles. The molecule has 5 nitrogen and oxygen atoms in total. The van der Waals surface area contributed by atoms with Crippen LogP contribution in [0.25, 0.3) is 0 Å². The van der Waals surface area contributed by atoms with Gasteiger partial charge in [-0.2, -0.15) is 0 Å². The number of hydrogen-bond acceptors (Lipinski definition) is 5. The van der Waals surface area contributed by atoms with Gasteiger partial charge in [-0.1, -0.05) is 13.3 Å². The summed E-state index contributed by atoms with van der Waals surface area (Å²) >= 11 is 0. The minimum absolute atomic E-state index is 0.0444. The second-order valence-electron chi connectivity index (χ2n) is 3.61. The molecular weight excluding hydrogens is 224 g/mol. The molecule has 0 aromatic carbocycles. The summed E-state index contributed by atoms with van der Waals surface area (Å²) in [4.78, 5) is 22.2. The van der Waals surface area contributed by atoms with Crippen LogP contribution in [0.5, 0.6) is 0 Å². The Kier molecular flexibility index (Phi) is 9.05. The van der Waals surface area contributed by atoms with E-state index in [1.807, 2.05) is 6.92 Å². The zero-order valence-corrected chi connectivity index (χ0v) is 10.3. The molecule has 5 heteroatoms. The van der Waals surface area contributed by atoms with Gasteiger partial charge in [0, 0.05) is 25.2 Å². The van der Waals surface area contributed by atoms with Crippen LogP contribution in [-0.2, 0) is 19.1 Å². The van der Waals surface area contributed by atoms with Gasteiger partial charge in [-0.05, 0) is 13.3 Å². The Labute approximate surface area is 101 Å². The Bertz CT molecular complexity index is 260. The molecule has 98 valence electrons. The lowest BCUT2D eigenvalue weighted by Gasteiger charge is -2.09. The summed E-state index contributed by atoms with van der Waals surface area (Å²) in [6.45, 7) is 3.97. The van der Waals surface area contributed by atoms with Gasteiger partial charge in [0.15, 0.2) is 0 Å². The van der Waals surface area contributed by atoms with Gasteiger partial charge in [-0.25, -0.2) is 9.59 Å². The maximum atomic E-state index is 11.2. The molecule has 0 aromatic rings. The van der Waals surface area contributed by atoms with Crippen LogP contribution in [0.2, 0.25) is 0 Å².